The maximum Gasteiger partial charge on any atom is 0.259 e. The van der Waals surface area contributed by atoms with Crippen LogP contribution in [0.1, 0.15) is 10.4 Å². The highest BCUT2D eigenvalue weighted by Gasteiger charge is 2.18. The predicted molar refractivity (Wildman–Crippen MR) is 105 cm³/mol. The number of nitrogens with zero attached hydrogens (tertiary/aromatic N) is 2. The van der Waals surface area contributed by atoms with Crippen molar-refractivity contribution in [2.24, 2.45) is 0 Å². The predicted octanol–water partition coefficient (Wildman–Crippen LogP) is 5.31. The summed E-state index contributed by atoms with van der Waals surface area (Å²) < 4.78 is 5.40. The summed E-state index contributed by atoms with van der Waals surface area (Å²) in [6, 6.07) is 23.6. The number of benzene rings is 3. The van der Waals surface area contributed by atoms with Crippen molar-refractivity contribution in [3.8, 4) is 22.8 Å². The number of carbonyl (C=O) groups is 1. The molecule has 4 rings (SSSR count). The molecule has 0 atom stereocenters. The first-order valence-corrected chi connectivity index (χ1v) is 8.64. The smallest absolute Gasteiger partial charge is 0.259 e. The molecule has 3 aromatic carbocycles. The van der Waals surface area contributed by atoms with Gasteiger partial charge >= 0.3 is 0 Å². The first-order valence-electron chi connectivity index (χ1n) is 8.27. The SMILES string of the molecule is O=C(Nc1ccccc1Cl)c1ccccc1-c1nc(-c2ccccc2)no1. The van der Waals surface area contributed by atoms with Crippen LogP contribution in [0.15, 0.2) is 83.4 Å². The maximum absolute atomic E-state index is 12.8. The Morgan fingerprint density at radius 2 is 1.59 bits per heavy atom. The molecule has 0 aliphatic rings. The van der Waals surface area contributed by atoms with Crippen LogP contribution in [0, 0.1) is 0 Å². The second-order valence-corrected chi connectivity index (χ2v) is 6.18. The minimum Gasteiger partial charge on any atom is -0.334 e. The van der Waals surface area contributed by atoms with Crippen molar-refractivity contribution in [1.29, 1.82) is 0 Å². The minimum absolute atomic E-state index is 0.277. The minimum atomic E-state index is -0.307. The zero-order valence-corrected chi connectivity index (χ0v) is 14.9. The van der Waals surface area contributed by atoms with E-state index in [2.05, 4.69) is 15.5 Å². The molecular weight excluding hydrogens is 362 g/mol. The standard InChI is InChI=1S/C21H14ClN3O2/c22-17-12-6-7-13-18(17)23-20(26)15-10-4-5-11-16(15)21-24-19(25-27-21)14-8-2-1-3-9-14/h1-13H,(H,23,26). The zero-order valence-electron chi connectivity index (χ0n) is 14.1. The molecule has 5 nitrogen and oxygen atoms in total. The van der Waals surface area contributed by atoms with E-state index in [1.807, 2.05) is 36.4 Å². The van der Waals surface area contributed by atoms with Gasteiger partial charge < -0.3 is 9.84 Å². The Labute approximate surface area is 160 Å². The molecule has 0 aliphatic carbocycles. The third-order valence-electron chi connectivity index (χ3n) is 3.98. The van der Waals surface area contributed by atoms with Crippen molar-refractivity contribution in [3.63, 3.8) is 0 Å². The highest BCUT2D eigenvalue weighted by Crippen LogP contribution is 2.27. The molecule has 0 saturated carbocycles. The van der Waals surface area contributed by atoms with Crippen molar-refractivity contribution < 1.29 is 9.32 Å². The molecule has 27 heavy (non-hydrogen) atoms. The quantitative estimate of drug-likeness (QED) is 0.525. The van der Waals surface area contributed by atoms with Gasteiger partial charge in [0.15, 0.2) is 0 Å². The monoisotopic (exact) mass is 375 g/mol. The molecule has 132 valence electrons. The molecule has 0 bridgehead atoms. The fourth-order valence-electron chi connectivity index (χ4n) is 2.66. The summed E-state index contributed by atoms with van der Waals surface area (Å²) >= 11 is 6.13. The fourth-order valence-corrected chi connectivity index (χ4v) is 2.84. The number of aromatic nitrogens is 2. The Morgan fingerprint density at radius 3 is 2.41 bits per heavy atom. The number of hydrogen-bond donors (Lipinski definition) is 1. The average molecular weight is 376 g/mol. The first-order chi connectivity index (χ1) is 13.2. The molecule has 1 aromatic heterocycles. The summed E-state index contributed by atoms with van der Waals surface area (Å²) in [5.74, 6) is 0.434. The number of rotatable bonds is 4. The summed E-state index contributed by atoms with van der Waals surface area (Å²) in [5.41, 5.74) is 2.34. The summed E-state index contributed by atoms with van der Waals surface area (Å²) in [7, 11) is 0. The third-order valence-corrected chi connectivity index (χ3v) is 4.31. The molecule has 0 spiro atoms. The topological polar surface area (TPSA) is 68.0 Å². The lowest BCUT2D eigenvalue weighted by Crippen LogP contribution is -2.13. The summed E-state index contributed by atoms with van der Waals surface area (Å²) in [6.07, 6.45) is 0. The molecule has 6 heteroatoms. The van der Waals surface area contributed by atoms with Crippen LogP contribution in [-0.4, -0.2) is 16.0 Å². The molecule has 0 radical (unpaired) electrons. The summed E-state index contributed by atoms with van der Waals surface area (Å²) in [5, 5.41) is 7.30. The van der Waals surface area contributed by atoms with E-state index in [9.17, 15) is 4.79 Å². The first kappa shape index (κ1) is 17.0. The third kappa shape index (κ3) is 3.59. The Morgan fingerprint density at radius 1 is 0.889 bits per heavy atom. The lowest BCUT2D eigenvalue weighted by Gasteiger charge is -2.09. The largest absolute Gasteiger partial charge is 0.334 e. The highest BCUT2D eigenvalue weighted by molar-refractivity contribution is 6.34. The van der Waals surface area contributed by atoms with E-state index in [1.54, 1.807) is 42.5 Å². The van der Waals surface area contributed by atoms with Gasteiger partial charge in [-0.15, -0.1) is 0 Å². The van der Waals surface area contributed by atoms with Gasteiger partial charge in [-0.2, -0.15) is 4.98 Å². The normalized spacial score (nSPS) is 10.6. The van der Waals surface area contributed by atoms with Crippen molar-refractivity contribution >= 4 is 23.2 Å². The Kier molecular flexibility index (Phi) is 4.68. The van der Waals surface area contributed by atoms with Gasteiger partial charge in [0.1, 0.15) is 0 Å². The van der Waals surface area contributed by atoms with Gasteiger partial charge in [0.25, 0.3) is 11.8 Å². The van der Waals surface area contributed by atoms with Crippen molar-refractivity contribution in [2.45, 2.75) is 0 Å². The van der Waals surface area contributed by atoms with Gasteiger partial charge in [0, 0.05) is 5.56 Å². The van der Waals surface area contributed by atoms with Crippen molar-refractivity contribution in [2.75, 3.05) is 5.32 Å². The molecule has 0 unspecified atom stereocenters. The van der Waals surface area contributed by atoms with E-state index >= 15 is 0 Å². The van der Waals surface area contributed by atoms with E-state index < -0.39 is 0 Å². The fraction of sp³-hybridized carbons (Fsp3) is 0. The van der Waals surface area contributed by atoms with E-state index in [0.29, 0.717) is 27.7 Å². The molecule has 0 aliphatic heterocycles. The van der Waals surface area contributed by atoms with E-state index in [-0.39, 0.29) is 11.8 Å². The molecule has 1 heterocycles. The number of amides is 1. The van der Waals surface area contributed by atoms with Crippen LogP contribution in [0.4, 0.5) is 5.69 Å². The lowest BCUT2D eigenvalue weighted by molar-refractivity contribution is 0.102. The van der Waals surface area contributed by atoms with Gasteiger partial charge in [0.05, 0.1) is 21.8 Å². The molecule has 0 fully saturated rings. The average Bonchev–Trinajstić information content (AvgIpc) is 3.20. The zero-order chi connectivity index (χ0) is 18.6. The number of carbonyl (C=O) groups excluding carboxylic acids is 1. The summed E-state index contributed by atoms with van der Waals surface area (Å²) in [4.78, 5) is 17.2. The maximum atomic E-state index is 12.8. The molecule has 1 N–H and O–H groups in total. The summed E-state index contributed by atoms with van der Waals surface area (Å²) in [6.45, 7) is 0. The van der Waals surface area contributed by atoms with Crippen molar-refractivity contribution in [3.05, 3.63) is 89.4 Å². The Balaban J connectivity index is 1.67. The van der Waals surface area contributed by atoms with Crippen molar-refractivity contribution in [1.82, 2.24) is 10.1 Å². The Hall–Kier alpha value is -3.44. The van der Waals surface area contributed by atoms with Crippen LogP contribution >= 0.6 is 11.6 Å². The van der Waals surface area contributed by atoms with E-state index in [0.717, 1.165) is 5.56 Å². The number of nitrogens with one attached hydrogen (secondary N) is 1. The molecule has 1 amide bonds. The molecular formula is C21H14ClN3O2. The van der Waals surface area contributed by atoms with Crippen LogP contribution in [0.3, 0.4) is 0 Å². The Bertz CT molecular complexity index is 1090. The number of halogens is 1. The molecule has 0 saturated heterocycles. The van der Waals surface area contributed by atoms with Gasteiger partial charge in [-0.1, -0.05) is 71.4 Å². The van der Waals surface area contributed by atoms with Crippen LogP contribution in [0.2, 0.25) is 5.02 Å². The van der Waals surface area contributed by atoms with Crippen LogP contribution < -0.4 is 5.32 Å². The van der Waals surface area contributed by atoms with Gasteiger partial charge in [0.2, 0.25) is 5.82 Å². The highest BCUT2D eigenvalue weighted by atomic mass is 35.5. The molecule has 4 aromatic rings. The van der Waals surface area contributed by atoms with Crippen LogP contribution in [0.5, 0.6) is 0 Å². The number of hydrogen-bond acceptors (Lipinski definition) is 4. The van der Waals surface area contributed by atoms with E-state index in [1.165, 1.54) is 0 Å². The lowest BCUT2D eigenvalue weighted by atomic mass is 10.1. The van der Waals surface area contributed by atoms with Crippen LogP contribution in [0.25, 0.3) is 22.8 Å². The van der Waals surface area contributed by atoms with Gasteiger partial charge in [-0.25, -0.2) is 0 Å². The van der Waals surface area contributed by atoms with E-state index in [4.69, 9.17) is 16.1 Å². The second kappa shape index (κ2) is 7.43. The van der Waals surface area contributed by atoms with Gasteiger partial charge in [-0.3, -0.25) is 4.79 Å². The van der Waals surface area contributed by atoms with Gasteiger partial charge in [-0.05, 0) is 24.3 Å². The number of para-hydroxylation sites is 1. The number of anilines is 1. The second-order valence-electron chi connectivity index (χ2n) is 5.77. The van der Waals surface area contributed by atoms with Crippen LogP contribution in [-0.2, 0) is 0 Å².